The number of hydrogen-bond donors (Lipinski definition) is 1. The zero-order chi connectivity index (χ0) is 17.5. The minimum absolute atomic E-state index is 0.259. The summed E-state index contributed by atoms with van der Waals surface area (Å²) in [5.74, 6) is 1.97. The molecule has 0 aromatic heterocycles. The molecule has 0 radical (unpaired) electrons. The second-order valence-electron chi connectivity index (χ2n) is 5.73. The van der Waals surface area contributed by atoms with E-state index >= 15 is 0 Å². The first-order valence-corrected chi connectivity index (χ1v) is 8.24. The lowest BCUT2D eigenvalue weighted by atomic mass is 10.0. The Labute approximate surface area is 144 Å². The predicted octanol–water partition coefficient (Wildman–Crippen LogP) is 4.13. The molecule has 0 aliphatic rings. The van der Waals surface area contributed by atoms with Gasteiger partial charge in [-0.3, -0.25) is 0 Å². The van der Waals surface area contributed by atoms with Crippen molar-refractivity contribution in [3.8, 4) is 17.2 Å². The SMILES string of the molecule is CCc1ccc(C(C)NCc2cc(OC)c(OC)c(OC)c2)cc1. The third-order valence-corrected chi connectivity index (χ3v) is 4.22. The molecule has 4 nitrogen and oxygen atoms in total. The van der Waals surface area contributed by atoms with Gasteiger partial charge in [-0.25, -0.2) is 0 Å². The molecule has 0 amide bonds. The van der Waals surface area contributed by atoms with Gasteiger partial charge in [0.2, 0.25) is 5.75 Å². The van der Waals surface area contributed by atoms with Gasteiger partial charge in [-0.1, -0.05) is 31.2 Å². The number of aryl methyl sites for hydroxylation is 1. The van der Waals surface area contributed by atoms with Gasteiger partial charge in [-0.15, -0.1) is 0 Å². The summed E-state index contributed by atoms with van der Waals surface area (Å²) in [6.07, 6.45) is 1.06. The highest BCUT2D eigenvalue weighted by Crippen LogP contribution is 2.38. The molecule has 24 heavy (non-hydrogen) atoms. The smallest absolute Gasteiger partial charge is 0.203 e. The molecule has 0 saturated heterocycles. The van der Waals surface area contributed by atoms with Crippen LogP contribution in [0.3, 0.4) is 0 Å². The summed E-state index contributed by atoms with van der Waals surface area (Å²) in [6.45, 7) is 5.05. The van der Waals surface area contributed by atoms with Crippen LogP contribution in [0.4, 0.5) is 0 Å². The van der Waals surface area contributed by atoms with Crippen molar-refractivity contribution in [1.29, 1.82) is 0 Å². The second-order valence-corrected chi connectivity index (χ2v) is 5.73. The van der Waals surface area contributed by atoms with Crippen LogP contribution in [0, 0.1) is 0 Å². The Balaban J connectivity index is 2.10. The summed E-state index contributed by atoms with van der Waals surface area (Å²) in [7, 11) is 4.87. The third kappa shape index (κ3) is 4.20. The Morgan fingerprint density at radius 3 is 1.92 bits per heavy atom. The molecule has 0 aliphatic heterocycles. The topological polar surface area (TPSA) is 39.7 Å². The van der Waals surface area contributed by atoms with Crippen LogP contribution in [-0.4, -0.2) is 21.3 Å². The monoisotopic (exact) mass is 329 g/mol. The Hall–Kier alpha value is -2.20. The Bertz CT molecular complexity index is 627. The van der Waals surface area contributed by atoms with Gasteiger partial charge in [0.25, 0.3) is 0 Å². The van der Waals surface area contributed by atoms with Crippen molar-refractivity contribution >= 4 is 0 Å². The second kappa shape index (κ2) is 8.60. The summed E-state index contributed by atoms with van der Waals surface area (Å²) in [6, 6.07) is 13.0. The molecule has 0 saturated carbocycles. The maximum atomic E-state index is 5.40. The van der Waals surface area contributed by atoms with Crippen LogP contribution >= 0.6 is 0 Å². The normalized spacial score (nSPS) is 11.9. The first kappa shape index (κ1) is 18.1. The van der Waals surface area contributed by atoms with Crippen LogP contribution in [0.1, 0.15) is 36.6 Å². The summed E-state index contributed by atoms with van der Waals surface area (Å²) in [5, 5.41) is 3.54. The van der Waals surface area contributed by atoms with Crippen molar-refractivity contribution in [2.24, 2.45) is 0 Å². The molecule has 4 heteroatoms. The fourth-order valence-corrected chi connectivity index (χ4v) is 2.67. The number of benzene rings is 2. The quantitative estimate of drug-likeness (QED) is 0.790. The molecule has 1 atom stereocenters. The van der Waals surface area contributed by atoms with Crippen LogP contribution in [0.15, 0.2) is 36.4 Å². The van der Waals surface area contributed by atoms with Gasteiger partial charge in [-0.2, -0.15) is 0 Å². The number of hydrogen-bond acceptors (Lipinski definition) is 4. The average Bonchev–Trinajstić information content (AvgIpc) is 2.65. The van der Waals surface area contributed by atoms with Crippen molar-refractivity contribution in [3.63, 3.8) is 0 Å². The standard InChI is InChI=1S/C20H27NO3/c1-6-15-7-9-17(10-8-15)14(2)21-13-16-11-18(22-3)20(24-5)19(12-16)23-4/h7-12,14,21H,6,13H2,1-5H3. The first-order valence-electron chi connectivity index (χ1n) is 8.24. The minimum atomic E-state index is 0.259. The average molecular weight is 329 g/mol. The van der Waals surface area contributed by atoms with E-state index in [4.69, 9.17) is 14.2 Å². The van der Waals surface area contributed by atoms with Crippen LogP contribution in [0.5, 0.6) is 17.2 Å². The van der Waals surface area contributed by atoms with Crippen molar-refractivity contribution in [2.45, 2.75) is 32.9 Å². The lowest BCUT2D eigenvalue weighted by Gasteiger charge is -2.17. The molecule has 0 aliphatic carbocycles. The molecule has 2 aromatic carbocycles. The van der Waals surface area contributed by atoms with Gasteiger partial charge >= 0.3 is 0 Å². The molecule has 1 N–H and O–H groups in total. The van der Waals surface area contributed by atoms with E-state index in [1.165, 1.54) is 11.1 Å². The summed E-state index contributed by atoms with van der Waals surface area (Å²) < 4.78 is 16.2. The molecule has 0 bridgehead atoms. The molecular weight excluding hydrogens is 302 g/mol. The number of rotatable bonds is 8. The molecule has 2 rings (SSSR count). The zero-order valence-corrected chi connectivity index (χ0v) is 15.2. The van der Waals surface area contributed by atoms with Crippen LogP contribution < -0.4 is 19.5 Å². The molecule has 0 fully saturated rings. The highest BCUT2D eigenvalue weighted by atomic mass is 16.5. The lowest BCUT2D eigenvalue weighted by molar-refractivity contribution is 0.323. The first-order chi connectivity index (χ1) is 11.6. The molecular formula is C20H27NO3. The van der Waals surface area contributed by atoms with Crippen LogP contribution in [0.2, 0.25) is 0 Å². The third-order valence-electron chi connectivity index (χ3n) is 4.22. The number of methoxy groups -OCH3 is 3. The fourth-order valence-electron chi connectivity index (χ4n) is 2.67. The maximum Gasteiger partial charge on any atom is 0.203 e. The van der Waals surface area contributed by atoms with Crippen LogP contribution in [0.25, 0.3) is 0 Å². The number of nitrogens with one attached hydrogen (secondary N) is 1. The van der Waals surface area contributed by atoms with E-state index in [1.807, 2.05) is 12.1 Å². The Kier molecular flexibility index (Phi) is 6.50. The Morgan fingerprint density at radius 2 is 1.46 bits per heavy atom. The van der Waals surface area contributed by atoms with E-state index in [9.17, 15) is 0 Å². The summed E-state index contributed by atoms with van der Waals surface area (Å²) in [5.41, 5.74) is 3.72. The summed E-state index contributed by atoms with van der Waals surface area (Å²) in [4.78, 5) is 0. The fraction of sp³-hybridized carbons (Fsp3) is 0.400. The van der Waals surface area contributed by atoms with Gasteiger partial charge in [0.1, 0.15) is 0 Å². The van der Waals surface area contributed by atoms with E-state index in [-0.39, 0.29) is 6.04 Å². The summed E-state index contributed by atoms with van der Waals surface area (Å²) >= 11 is 0. The highest BCUT2D eigenvalue weighted by molar-refractivity contribution is 5.53. The zero-order valence-electron chi connectivity index (χ0n) is 15.2. The van der Waals surface area contributed by atoms with E-state index in [1.54, 1.807) is 21.3 Å². The van der Waals surface area contributed by atoms with Gasteiger partial charge in [0.15, 0.2) is 11.5 Å². The van der Waals surface area contributed by atoms with E-state index in [0.717, 1.165) is 12.0 Å². The molecule has 0 heterocycles. The van der Waals surface area contributed by atoms with E-state index < -0.39 is 0 Å². The van der Waals surface area contributed by atoms with Gasteiger partial charge in [0.05, 0.1) is 21.3 Å². The van der Waals surface area contributed by atoms with Crippen molar-refractivity contribution in [2.75, 3.05) is 21.3 Å². The van der Waals surface area contributed by atoms with Crippen molar-refractivity contribution < 1.29 is 14.2 Å². The van der Waals surface area contributed by atoms with E-state index in [0.29, 0.717) is 23.8 Å². The minimum Gasteiger partial charge on any atom is -0.493 e. The number of ether oxygens (including phenoxy) is 3. The largest absolute Gasteiger partial charge is 0.493 e. The lowest BCUT2D eigenvalue weighted by Crippen LogP contribution is -2.18. The molecule has 1 unspecified atom stereocenters. The molecule has 0 spiro atoms. The maximum absolute atomic E-state index is 5.40. The predicted molar refractivity (Wildman–Crippen MR) is 97.2 cm³/mol. The van der Waals surface area contributed by atoms with Crippen molar-refractivity contribution in [1.82, 2.24) is 5.32 Å². The van der Waals surface area contributed by atoms with Gasteiger partial charge in [0, 0.05) is 12.6 Å². The highest BCUT2D eigenvalue weighted by Gasteiger charge is 2.13. The van der Waals surface area contributed by atoms with Gasteiger partial charge < -0.3 is 19.5 Å². The van der Waals surface area contributed by atoms with Gasteiger partial charge in [-0.05, 0) is 42.2 Å². The van der Waals surface area contributed by atoms with E-state index in [2.05, 4.69) is 43.4 Å². The van der Waals surface area contributed by atoms with Crippen LogP contribution in [-0.2, 0) is 13.0 Å². The van der Waals surface area contributed by atoms with Crippen molar-refractivity contribution in [3.05, 3.63) is 53.1 Å². The Morgan fingerprint density at radius 1 is 0.875 bits per heavy atom. The molecule has 130 valence electrons. The molecule has 2 aromatic rings.